The van der Waals surface area contributed by atoms with Crippen LogP contribution in [0.1, 0.15) is 32.3 Å². The molecule has 0 saturated carbocycles. The molecule has 0 aliphatic heterocycles. The van der Waals surface area contributed by atoms with Gasteiger partial charge in [-0.3, -0.25) is 9.59 Å². The fourth-order valence-electron chi connectivity index (χ4n) is 1.69. The first-order valence-corrected chi connectivity index (χ1v) is 7.96. The topological polar surface area (TPSA) is 64.6 Å². The van der Waals surface area contributed by atoms with E-state index in [4.69, 9.17) is 9.47 Å². The predicted octanol–water partition coefficient (Wildman–Crippen LogP) is 3.05. The summed E-state index contributed by atoms with van der Waals surface area (Å²) in [6.07, 6.45) is 1.23. The molecule has 0 saturated heterocycles. The minimum absolute atomic E-state index is 0.103. The van der Waals surface area contributed by atoms with Gasteiger partial charge >= 0.3 is 5.97 Å². The van der Waals surface area contributed by atoms with Crippen molar-refractivity contribution in [1.82, 2.24) is 5.32 Å². The van der Waals surface area contributed by atoms with E-state index in [1.165, 1.54) is 0 Å². The molecule has 1 rings (SSSR count). The van der Waals surface area contributed by atoms with Crippen LogP contribution < -0.4 is 10.1 Å². The summed E-state index contributed by atoms with van der Waals surface area (Å²) in [6, 6.07) is 5.44. The largest absolute Gasteiger partial charge is 0.496 e. The van der Waals surface area contributed by atoms with Crippen LogP contribution in [0.15, 0.2) is 22.7 Å². The predicted molar refractivity (Wildman–Crippen MR) is 87.6 cm³/mol. The summed E-state index contributed by atoms with van der Waals surface area (Å²) in [5.74, 6) is 0.599. The highest BCUT2D eigenvalue weighted by atomic mass is 79.9. The minimum atomic E-state index is -0.454. The molecule has 1 amide bonds. The maximum atomic E-state index is 11.6. The zero-order valence-electron chi connectivity index (χ0n) is 13.1. The number of ether oxygens (including phenoxy) is 2. The number of esters is 1. The van der Waals surface area contributed by atoms with E-state index in [2.05, 4.69) is 35.1 Å². The Bertz CT molecular complexity index is 517. The SMILES string of the molecule is COc1ccc(COC(=O)CNC(=O)CCC(C)C)cc1Br. The Labute approximate surface area is 139 Å². The second-order valence-corrected chi connectivity index (χ2v) is 6.19. The molecule has 0 aliphatic rings. The quantitative estimate of drug-likeness (QED) is 0.713. The fraction of sp³-hybridized carbons (Fsp3) is 0.500. The standard InChI is InChI=1S/C16H22BrNO4/c1-11(2)4-7-15(19)18-9-16(20)22-10-12-5-6-14(21-3)13(17)8-12/h5-6,8,11H,4,7,9-10H2,1-3H3,(H,18,19). The van der Waals surface area contributed by atoms with Crippen molar-refractivity contribution in [3.8, 4) is 5.75 Å². The van der Waals surface area contributed by atoms with Gasteiger partial charge in [0, 0.05) is 6.42 Å². The Hall–Kier alpha value is -1.56. The highest BCUT2D eigenvalue weighted by molar-refractivity contribution is 9.10. The summed E-state index contributed by atoms with van der Waals surface area (Å²) in [7, 11) is 1.59. The van der Waals surface area contributed by atoms with Gasteiger partial charge in [-0.15, -0.1) is 0 Å². The molecule has 22 heavy (non-hydrogen) atoms. The summed E-state index contributed by atoms with van der Waals surface area (Å²) in [6.45, 7) is 4.15. The van der Waals surface area contributed by atoms with Gasteiger partial charge in [-0.25, -0.2) is 0 Å². The van der Waals surface area contributed by atoms with E-state index in [1.54, 1.807) is 13.2 Å². The molecule has 0 spiro atoms. The molecule has 0 radical (unpaired) electrons. The molecule has 6 heteroatoms. The van der Waals surface area contributed by atoms with Gasteiger partial charge in [0.15, 0.2) is 0 Å². The van der Waals surface area contributed by atoms with Gasteiger partial charge in [0.25, 0.3) is 0 Å². The summed E-state index contributed by atoms with van der Waals surface area (Å²) in [4.78, 5) is 23.1. The van der Waals surface area contributed by atoms with Crippen LogP contribution in [-0.4, -0.2) is 25.5 Å². The number of methoxy groups -OCH3 is 1. The smallest absolute Gasteiger partial charge is 0.325 e. The molecular formula is C16H22BrNO4. The van der Waals surface area contributed by atoms with Crippen LogP contribution in [0.2, 0.25) is 0 Å². The molecule has 0 heterocycles. The normalized spacial score (nSPS) is 10.4. The van der Waals surface area contributed by atoms with Gasteiger partial charge in [0.1, 0.15) is 18.9 Å². The van der Waals surface area contributed by atoms with Crippen molar-refractivity contribution in [3.63, 3.8) is 0 Å². The van der Waals surface area contributed by atoms with Crippen molar-refractivity contribution in [3.05, 3.63) is 28.2 Å². The highest BCUT2D eigenvalue weighted by Crippen LogP contribution is 2.25. The number of hydrogen-bond acceptors (Lipinski definition) is 4. The zero-order chi connectivity index (χ0) is 16.5. The second-order valence-electron chi connectivity index (χ2n) is 5.34. The first-order valence-electron chi connectivity index (χ1n) is 7.17. The summed E-state index contributed by atoms with van der Waals surface area (Å²) in [5, 5.41) is 2.56. The molecule has 1 N–H and O–H groups in total. The maximum Gasteiger partial charge on any atom is 0.325 e. The number of rotatable bonds is 8. The number of nitrogens with one attached hydrogen (secondary N) is 1. The Kier molecular flexibility index (Phi) is 7.95. The number of benzene rings is 1. The summed E-state index contributed by atoms with van der Waals surface area (Å²) < 4.78 is 11.0. The third-order valence-corrected chi connectivity index (χ3v) is 3.61. The molecule has 0 atom stereocenters. The zero-order valence-corrected chi connectivity index (χ0v) is 14.7. The second kappa shape index (κ2) is 9.46. The Morgan fingerprint density at radius 2 is 2.05 bits per heavy atom. The van der Waals surface area contributed by atoms with Crippen molar-refractivity contribution in [1.29, 1.82) is 0 Å². The van der Waals surface area contributed by atoms with E-state index in [0.29, 0.717) is 18.1 Å². The third-order valence-electron chi connectivity index (χ3n) is 2.99. The van der Waals surface area contributed by atoms with E-state index in [-0.39, 0.29) is 19.1 Å². The van der Waals surface area contributed by atoms with Gasteiger partial charge in [0.05, 0.1) is 11.6 Å². The number of halogens is 1. The maximum absolute atomic E-state index is 11.6. The molecule has 0 aromatic heterocycles. The van der Waals surface area contributed by atoms with Gasteiger partial charge in [-0.1, -0.05) is 19.9 Å². The van der Waals surface area contributed by atoms with E-state index in [0.717, 1.165) is 16.5 Å². The van der Waals surface area contributed by atoms with Crippen molar-refractivity contribution in [2.75, 3.05) is 13.7 Å². The van der Waals surface area contributed by atoms with Gasteiger partial charge < -0.3 is 14.8 Å². The van der Waals surface area contributed by atoms with Crippen LogP contribution in [-0.2, 0) is 20.9 Å². The van der Waals surface area contributed by atoms with Crippen LogP contribution in [0.25, 0.3) is 0 Å². The molecule has 0 aliphatic carbocycles. The first-order chi connectivity index (χ1) is 10.4. The Morgan fingerprint density at radius 1 is 1.32 bits per heavy atom. The average Bonchev–Trinajstić information content (AvgIpc) is 2.48. The van der Waals surface area contributed by atoms with E-state index in [1.807, 2.05) is 12.1 Å². The minimum Gasteiger partial charge on any atom is -0.496 e. The lowest BCUT2D eigenvalue weighted by Gasteiger charge is -2.09. The number of carbonyl (C=O) groups excluding carboxylic acids is 2. The lowest BCUT2D eigenvalue weighted by atomic mass is 10.1. The van der Waals surface area contributed by atoms with Crippen LogP contribution in [0.5, 0.6) is 5.75 Å². The van der Waals surface area contributed by atoms with Crippen molar-refractivity contribution >= 4 is 27.8 Å². The Morgan fingerprint density at radius 3 is 2.64 bits per heavy atom. The van der Waals surface area contributed by atoms with E-state index in [9.17, 15) is 9.59 Å². The summed E-state index contributed by atoms with van der Waals surface area (Å²) >= 11 is 3.37. The molecule has 1 aromatic rings. The van der Waals surface area contributed by atoms with Gasteiger partial charge in [-0.2, -0.15) is 0 Å². The van der Waals surface area contributed by atoms with Crippen LogP contribution in [0.4, 0.5) is 0 Å². The number of carbonyl (C=O) groups is 2. The van der Waals surface area contributed by atoms with Crippen LogP contribution >= 0.6 is 15.9 Å². The van der Waals surface area contributed by atoms with Crippen LogP contribution in [0.3, 0.4) is 0 Å². The monoisotopic (exact) mass is 371 g/mol. The van der Waals surface area contributed by atoms with Crippen LogP contribution in [0, 0.1) is 5.92 Å². The van der Waals surface area contributed by atoms with Gasteiger partial charge in [0.2, 0.25) is 5.91 Å². The number of amides is 1. The molecule has 0 fully saturated rings. The highest BCUT2D eigenvalue weighted by Gasteiger charge is 2.08. The first kappa shape index (κ1) is 18.5. The fourth-order valence-corrected chi connectivity index (χ4v) is 2.28. The average molecular weight is 372 g/mol. The molecule has 0 bridgehead atoms. The molecule has 5 nitrogen and oxygen atoms in total. The molecule has 1 aromatic carbocycles. The van der Waals surface area contributed by atoms with E-state index < -0.39 is 5.97 Å². The number of hydrogen-bond donors (Lipinski definition) is 1. The van der Waals surface area contributed by atoms with Gasteiger partial charge in [-0.05, 0) is 46.0 Å². The lowest BCUT2D eigenvalue weighted by Crippen LogP contribution is -2.30. The summed E-state index contributed by atoms with van der Waals surface area (Å²) in [5.41, 5.74) is 0.840. The molecule has 0 unspecified atom stereocenters. The van der Waals surface area contributed by atoms with Crippen molar-refractivity contribution in [2.45, 2.75) is 33.3 Å². The molecule has 122 valence electrons. The molecular weight excluding hydrogens is 350 g/mol. The third kappa shape index (κ3) is 6.93. The van der Waals surface area contributed by atoms with Crippen molar-refractivity contribution < 1.29 is 19.1 Å². The van der Waals surface area contributed by atoms with E-state index >= 15 is 0 Å². The van der Waals surface area contributed by atoms with Crippen molar-refractivity contribution in [2.24, 2.45) is 5.92 Å². The lowest BCUT2D eigenvalue weighted by molar-refractivity contribution is -0.145. The Balaban J connectivity index is 2.31.